The number of aromatic amines is 1. The van der Waals surface area contributed by atoms with Gasteiger partial charge in [0.25, 0.3) is 5.91 Å². The Morgan fingerprint density at radius 3 is 2.79 bits per heavy atom. The number of benzene rings is 2. The normalized spacial score (nSPS) is 10.8. The third kappa shape index (κ3) is 4.01. The highest BCUT2D eigenvalue weighted by Crippen LogP contribution is 2.18. The maximum atomic E-state index is 13.2. The summed E-state index contributed by atoms with van der Waals surface area (Å²) in [7, 11) is 0. The van der Waals surface area contributed by atoms with E-state index in [4.69, 9.17) is 0 Å². The zero-order valence-electron chi connectivity index (χ0n) is 15.1. The number of aromatic nitrogens is 2. The van der Waals surface area contributed by atoms with Gasteiger partial charge in [0, 0.05) is 29.2 Å². The van der Waals surface area contributed by atoms with Crippen LogP contribution in [0.2, 0.25) is 0 Å². The first-order chi connectivity index (χ1) is 13.7. The number of hydrogen-bond acceptors (Lipinski definition) is 3. The first kappa shape index (κ1) is 17.7. The lowest BCUT2D eigenvalue weighted by molar-refractivity contribution is 0.102. The molecule has 2 aromatic heterocycles. The Bertz CT molecular complexity index is 1100. The van der Waals surface area contributed by atoms with E-state index < -0.39 is 11.7 Å². The van der Waals surface area contributed by atoms with Gasteiger partial charge in [-0.3, -0.25) is 4.79 Å². The van der Waals surface area contributed by atoms with E-state index in [9.17, 15) is 9.18 Å². The molecule has 1 amide bonds. The highest BCUT2D eigenvalue weighted by Gasteiger charge is 2.08. The minimum atomic E-state index is -0.449. The van der Waals surface area contributed by atoms with Crippen LogP contribution in [0.3, 0.4) is 0 Å². The average molecular weight is 374 g/mol. The van der Waals surface area contributed by atoms with E-state index in [-0.39, 0.29) is 5.56 Å². The van der Waals surface area contributed by atoms with Crippen molar-refractivity contribution >= 4 is 28.3 Å². The number of anilines is 2. The van der Waals surface area contributed by atoms with Crippen LogP contribution in [-0.4, -0.2) is 22.4 Å². The molecule has 0 aliphatic rings. The fourth-order valence-corrected chi connectivity index (χ4v) is 3.07. The van der Waals surface area contributed by atoms with Crippen LogP contribution in [0, 0.1) is 5.82 Å². The summed E-state index contributed by atoms with van der Waals surface area (Å²) in [5.41, 5.74) is 3.51. The van der Waals surface area contributed by atoms with Crippen molar-refractivity contribution in [2.24, 2.45) is 0 Å². The minimum absolute atomic E-state index is 0.253. The van der Waals surface area contributed by atoms with Gasteiger partial charge in [-0.15, -0.1) is 0 Å². The number of para-hydroxylation sites is 1. The smallest absolute Gasteiger partial charge is 0.256 e. The molecule has 5 nitrogen and oxygen atoms in total. The Kier molecular flexibility index (Phi) is 5.01. The van der Waals surface area contributed by atoms with Gasteiger partial charge >= 0.3 is 0 Å². The monoisotopic (exact) mass is 374 g/mol. The molecule has 0 saturated heterocycles. The summed E-state index contributed by atoms with van der Waals surface area (Å²) < 4.78 is 13.2. The summed E-state index contributed by atoms with van der Waals surface area (Å²) in [6.07, 6.45) is 4.58. The van der Waals surface area contributed by atoms with Crippen LogP contribution in [0.5, 0.6) is 0 Å². The third-order valence-corrected chi connectivity index (χ3v) is 4.49. The number of H-pyrrole nitrogens is 1. The summed E-state index contributed by atoms with van der Waals surface area (Å²) in [4.78, 5) is 19.6. The molecule has 28 heavy (non-hydrogen) atoms. The second kappa shape index (κ2) is 7.92. The summed E-state index contributed by atoms with van der Waals surface area (Å²) in [6.45, 7) is 0.762. The van der Waals surface area contributed by atoms with E-state index in [0.29, 0.717) is 5.82 Å². The number of hydrogen-bond donors (Lipinski definition) is 3. The number of pyridine rings is 1. The number of rotatable bonds is 6. The molecule has 2 aromatic carbocycles. The molecule has 0 fully saturated rings. The van der Waals surface area contributed by atoms with Crippen LogP contribution in [0.25, 0.3) is 10.9 Å². The third-order valence-electron chi connectivity index (χ3n) is 4.49. The minimum Gasteiger partial charge on any atom is -0.383 e. The van der Waals surface area contributed by atoms with Gasteiger partial charge < -0.3 is 15.6 Å². The lowest BCUT2D eigenvalue weighted by atomic mass is 10.1. The van der Waals surface area contributed by atoms with Gasteiger partial charge in [-0.2, -0.15) is 0 Å². The van der Waals surface area contributed by atoms with Crippen molar-refractivity contribution in [2.45, 2.75) is 6.42 Å². The van der Waals surface area contributed by atoms with Crippen LogP contribution in [0.4, 0.5) is 15.9 Å². The lowest BCUT2D eigenvalue weighted by Gasteiger charge is -2.08. The van der Waals surface area contributed by atoms with E-state index in [1.54, 1.807) is 18.3 Å². The number of carbonyl (C=O) groups is 1. The number of carbonyl (C=O) groups excluding carboxylic acids is 1. The largest absolute Gasteiger partial charge is 0.383 e. The van der Waals surface area contributed by atoms with E-state index >= 15 is 0 Å². The Hall–Kier alpha value is -3.67. The Morgan fingerprint density at radius 2 is 1.96 bits per heavy atom. The van der Waals surface area contributed by atoms with Crippen molar-refractivity contribution in [3.05, 3.63) is 90.0 Å². The number of fused-ring (bicyclic) bond motifs is 1. The second-order valence-corrected chi connectivity index (χ2v) is 6.43. The summed E-state index contributed by atoms with van der Waals surface area (Å²) >= 11 is 0. The van der Waals surface area contributed by atoms with E-state index in [1.165, 1.54) is 29.1 Å². The zero-order valence-corrected chi connectivity index (χ0v) is 15.1. The van der Waals surface area contributed by atoms with Crippen molar-refractivity contribution < 1.29 is 9.18 Å². The molecule has 0 saturated carbocycles. The van der Waals surface area contributed by atoms with Gasteiger partial charge in [0.1, 0.15) is 11.6 Å². The van der Waals surface area contributed by atoms with Crippen molar-refractivity contribution in [1.29, 1.82) is 0 Å². The zero-order chi connectivity index (χ0) is 19.3. The molecule has 4 rings (SSSR count). The number of nitrogens with zero attached hydrogens (tertiary/aromatic N) is 1. The van der Waals surface area contributed by atoms with Crippen LogP contribution < -0.4 is 10.6 Å². The van der Waals surface area contributed by atoms with Gasteiger partial charge in [-0.05, 0) is 48.4 Å². The first-order valence-corrected chi connectivity index (χ1v) is 9.01. The molecule has 0 radical (unpaired) electrons. The average Bonchev–Trinajstić information content (AvgIpc) is 3.12. The van der Waals surface area contributed by atoms with Crippen molar-refractivity contribution in [2.75, 3.05) is 17.2 Å². The fourth-order valence-electron chi connectivity index (χ4n) is 3.07. The predicted molar refractivity (Wildman–Crippen MR) is 109 cm³/mol. The molecule has 4 aromatic rings. The van der Waals surface area contributed by atoms with Crippen LogP contribution in [0.15, 0.2) is 73.1 Å². The molecule has 0 bridgehead atoms. The molecule has 6 heteroatoms. The maximum Gasteiger partial charge on any atom is 0.256 e. The van der Waals surface area contributed by atoms with Gasteiger partial charge in [0.15, 0.2) is 0 Å². The molecule has 0 aliphatic carbocycles. The quantitative estimate of drug-likeness (QED) is 0.462. The van der Waals surface area contributed by atoms with Crippen molar-refractivity contribution in [3.63, 3.8) is 0 Å². The van der Waals surface area contributed by atoms with E-state index in [1.807, 2.05) is 24.4 Å². The molecule has 3 N–H and O–H groups in total. The SMILES string of the molecule is O=C(Nc1ccc(NCCc2c[nH]c3ccccc23)cn1)c1cccc(F)c1. The van der Waals surface area contributed by atoms with Crippen LogP contribution in [0.1, 0.15) is 15.9 Å². The number of halogens is 1. The number of nitrogens with one attached hydrogen (secondary N) is 3. The van der Waals surface area contributed by atoms with E-state index in [0.717, 1.165) is 24.2 Å². The first-order valence-electron chi connectivity index (χ1n) is 9.01. The predicted octanol–water partition coefficient (Wildman–Crippen LogP) is 4.61. The van der Waals surface area contributed by atoms with Crippen molar-refractivity contribution in [1.82, 2.24) is 9.97 Å². The van der Waals surface area contributed by atoms with Crippen LogP contribution in [-0.2, 0) is 6.42 Å². The molecule has 140 valence electrons. The summed E-state index contributed by atoms with van der Waals surface area (Å²) in [6, 6.07) is 17.3. The fraction of sp³-hybridized carbons (Fsp3) is 0.0909. The maximum absolute atomic E-state index is 13.2. The molecule has 0 unspecified atom stereocenters. The van der Waals surface area contributed by atoms with Crippen LogP contribution >= 0.6 is 0 Å². The van der Waals surface area contributed by atoms with Gasteiger partial charge in [-0.1, -0.05) is 24.3 Å². The Morgan fingerprint density at radius 1 is 1.07 bits per heavy atom. The Balaban J connectivity index is 1.32. The summed E-state index contributed by atoms with van der Waals surface area (Å²) in [5.74, 6) is -0.432. The molecule has 0 atom stereocenters. The Labute approximate surface area is 161 Å². The molecular weight excluding hydrogens is 355 g/mol. The molecule has 0 aliphatic heterocycles. The highest BCUT2D eigenvalue weighted by molar-refractivity contribution is 6.03. The standard InChI is InChI=1S/C22H19FN4O/c23-17-5-3-4-15(12-17)22(28)27-21-9-8-18(14-26-21)24-11-10-16-13-25-20-7-2-1-6-19(16)20/h1-9,12-14,24-25H,10-11H2,(H,26,27,28). The molecule has 0 spiro atoms. The second-order valence-electron chi connectivity index (χ2n) is 6.43. The van der Waals surface area contributed by atoms with Crippen molar-refractivity contribution in [3.8, 4) is 0 Å². The summed E-state index contributed by atoms with van der Waals surface area (Å²) in [5, 5.41) is 7.23. The molecule has 2 heterocycles. The number of amides is 1. The van der Waals surface area contributed by atoms with Gasteiger partial charge in [0.2, 0.25) is 0 Å². The molecular formula is C22H19FN4O. The van der Waals surface area contributed by atoms with Gasteiger partial charge in [-0.25, -0.2) is 9.37 Å². The topological polar surface area (TPSA) is 69.8 Å². The highest BCUT2D eigenvalue weighted by atomic mass is 19.1. The lowest BCUT2D eigenvalue weighted by Crippen LogP contribution is -2.13. The van der Waals surface area contributed by atoms with Gasteiger partial charge in [0.05, 0.1) is 11.9 Å². The van der Waals surface area contributed by atoms with E-state index in [2.05, 4.69) is 32.7 Å².